The molecule has 2 heterocycles. The highest BCUT2D eigenvalue weighted by Gasteiger charge is 2.28. The minimum absolute atomic E-state index is 0.0416. The highest BCUT2D eigenvalue weighted by molar-refractivity contribution is 6.00. The molecule has 7 nitrogen and oxygen atoms in total. The van der Waals surface area contributed by atoms with Crippen LogP contribution in [0, 0.1) is 0 Å². The molecule has 0 spiro atoms. The van der Waals surface area contributed by atoms with Gasteiger partial charge in [-0.3, -0.25) is 9.78 Å². The molecule has 1 aromatic heterocycles. The first-order chi connectivity index (χ1) is 17.1. The molecule has 1 amide bonds. The first-order valence-electron chi connectivity index (χ1n) is 11.4. The Morgan fingerprint density at radius 2 is 1.89 bits per heavy atom. The lowest BCUT2D eigenvalue weighted by Crippen LogP contribution is -2.36. The molecule has 1 aliphatic heterocycles. The van der Waals surface area contributed by atoms with Crippen molar-refractivity contribution in [2.24, 2.45) is 0 Å². The Labute approximate surface area is 203 Å². The fraction of sp³-hybridized carbons (Fsp3) is 0.143. The number of hydrogen-bond acceptors (Lipinski definition) is 6. The van der Waals surface area contributed by atoms with Crippen LogP contribution < -0.4 is 10.1 Å². The van der Waals surface area contributed by atoms with Gasteiger partial charge in [0.1, 0.15) is 29.4 Å². The Morgan fingerprint density at radius 3 is 2.69 bits per heavy atom. The Morgan fingerprint density at radius 1 is 1.03 bits per heavy atom. The van der Waals surface area contributed by atoms with E-state index in [9.17, 15) is 15.0 Å². The fourth-order valence-corrected chi connectivity index (χ4v) is 4.27. The van der Waals surface area contributed by atoms with Crippen LogP contribution in [-0.2, 0) is 19.6 Å². The number of ether oxygens (including phenoxy) is 1. The van der Waals surface area contributed by atoms with Gasteiger partial charge >= 0.3 is 0 Å². The van der Waals surface area contributed by atoms with E-state index in [2.05, 4.69) is 16.4 Å². The van der Waals surface area contributed by atoms with Crippen LogP contribution in [0.5, 0.6) is 17.2 Å². The number of fused-ring (bicyclic) bond motifs is 1. The molecule has 1 aliphatic rings. The third kappa shape index (κ3) is 4.89. The van der Waals surface area contributed by atoms with Crippen molar-refractivity contribution in [1.29, 1.82) is 0 Å². The number of anilines is 2. The molecular formula is C28H25N3O4. The number of phenols is 2. The van der Waals surface area contributed by atoms with Crippen LogP contribution in [0.15, 0.2) is 85.2 Å². The molecule has 0 saturated carbocycles. The smallest absolute Gasteiger partial charge is 0.261 e. The minimum Gasteiger partial charge on any atom is -0.508 e. The summed E-state index contributed by atoms with van der Waals surface area (Å²) in [5.41, 5.74) is 4.90. The quantitative estimate of drug-likeness (QED) is 0.369. The maximum atomic E-state index is 13.6. The van der Waals surface area contributed by atoms with Crippen LogP contribution >= 0.6 is 0 Å². The first-order valence-corrected chi connectivity index (χ1v) is 11.4. The third-order valence-electron chi connectivity index (χ3n) is 6.02. The van der Waals surface area contributed by atoms with E-state index in [1.807, 2.05) is 54.6 Å². The molecule has 5 rings (SSSR count). The lowest BCUT2D eigenvalue weighted by molar-refractivity contribution is 0.0727. The van der Waals surface area contributed by atoms with Gasteiger partial charge in [0.05, 0.1) is 11.9 Å². The Bertz CT molecular complexity index is 1340. The highest BCUT2D eigenvalue weighted by atomic mass is 16.5. The Kier molecular flexibility index (Phi) is 6.22. The molecule has 0 fully saturated rings. The van der Waals surface area contributed by atoms with Gasteiger partial charge in [0, 0.05) is 37.1 Å². The van der Waals surface area contributed by atoms with E-state index in [4.69, 9.17) is 4.74 Å². The van der Waals surface area contributed by atoms with E-state index in [-0.39, 0.29) is 35.3 Å². The standard InChI is InChI=1S/C28H25N3O4/c32-22-14-25(33)27(26(15-22)35-18-19-6-2-1-3-7-19)28(34)31-13-11-20-8-4-10-24(23(20)17-31)30-21-9-5-12-29-16-21/h1-10,12,14-16,30,32-33H,11,13,17-18H2. The van der Waals surface area contributed by atoms with E-state index < -0.39 is 0 Å². The summed E-state index contributed by atoms with van der Waals surface area (Å²) in [6, 6.07) is 21.9. The van der Waals surface area contributed by atoms with Crippen LogP contribution in [-0.4, -0.2) is 32.5 Å². The normalized spacial score (nSPS) is 12.6. The number of rotatable bonds is 6. The largest absolute Gasteiger partial charge is 0.508 e. The van der Waals surface area contributed by atoms with Crippen molar-refractivity contribution >= 4 is 17.3 Å². The zero-order chi connectivity index (χ0) is 24.2. The zero-order valence-corrected chi connectivity index (χ0v) is 19.0. The van der Waals surface area contributed by atoms with Crippen molar-refractivity contribution in [2.45, 2.75) is 19.6 Å². The lowest BCUT2D eigenvalue weighted by atomic mass is 9.97. The number of hydrogen-bond donors (Lipinski definition) is 3. The summed E-state index contributed by atoms with van der Waals surface area (Å²) in [7, 11) is 0. The van der Waals surface area contributed by atoms with Crippen molar-refractivity contribution in [3.8, 4) is 17.2 Å². The number of aromatic hydroxyl groups is 2. The molecular weight excluding hydrogens is 442 g/mol. The average molecular weight is 468 g/mol. The van der Waals surface area contributed by atoms with Gasteiger partial charge in [-0.05, 0) is 41.3 Å². The molecule has 0 aliphatic carbocycles. The van der Waals surface area contributed by atoms with Crippen LogP contribution in [0.1, 0.15) is 27.0 Å². The van der Waals surface area contributed by atoms with Gasteiger partial charge in [-0.15, -0.1) is 0 Å². The maximum Gasteiger partial charge on any atom is 0.261 e. The summed E-state index contributed by atoms with van der Waals surface area (Å²) in [6.07, 6.45) is 4.15. The maximum absolute atomic E-state index is 13.6. The fourth-order valence-electron chi connectivity index (χ4n) is 4.27. The molecule has 0 bridgehead atoms. The van der Waals surface area contributed by atoms with Gasteiger partial charge in [0.2, 0.25) is 0 Å². The number of carbonyl (C=O) groups excluding carboxylic acids is 1. The zero-order valence-electron chi connectivity index (χ0n) is 19.0. The molecule has 0 saturated heterocycles. The number of benzene rings is 3. The predicted octanol–water partition coefficient (Wildman–Crippen LogP) is 5.01. The number of nitrogens with zero attached hydrogens (tertiary/aromatic N) is 2. The van der Waals surface area contributed by atoms with Crippen molar-refractivity contribution in [2.75, 3.05) is 11.9 Å². The van der Waals surface area contributed by atoms with E-state index in [1.54, 1.807) is 17.3 Å². The molecule has 3 N–H and O–H groups in total. The molecule has 176 valence electrons. The number of nitrogens with one attached hydrogen (secondary N) is 1. The van der Waals surface area contributed by atoms with Gasteiger partial charge in [-0.25, -0.2) is 0 Å². The lowest BCUT2D eigenvalue weighted by Gasteiger charge is -2.31. The molecule has 0 radical (unpaired) electrons. The summed E-state index contributed by atoms with van der Waals surface area (Å²) in [5, 5.41) is 24.0. The number of carbonyl (C=O) groups is 1. The van der Waals surface area contributed by atoms with E-state index in [1.165, 1.54) is 11.6 Å². The van der Waals surface area contributed by atoms with E-state index >= 15 is 0 Å². The van der Waals surface area contributed by atoms with Gasteiger partial charge in [-0.1, -0.05) is 42.5 Å². The first kappa shape index (κ1) is 22.3. The Balaban J connectivity index is 1.41. The summed E-state index contributed by atoms with van der Waals surface area (Å²) in [5.74, 6) is -0.698. The van der Waals surface area contributed by atoms with Gasteiger partial charge in [-0.2, -0.15) is 0 Å². The minimum atomic E-state index is -0.354. The van der Waals surface area contributed by atoms with Crippen molar-refractivity contribution in [3.05, 3.63) is 107 Å². The van der Waals surface area contributed by atoms with Crippen molar-refractivity contribution in [3.63, 3.8) is 0 Å². The number of phenolic OH excluding ortho intramolecular Hbond substituents is 2. The summed E-state index contributed by atoms with van der Waals surface area (Å²) in [6.45, 7) is 1.07. The highest BCUT2D eigenvalue weighted by Crippen LogP contribution is 2.36. The number of pyridine rings is 1. The average Bonchev–Trinajstić information content (AvgIpc) is 2.88. The SMILES string of the molecule is O=C(c1c(O)cc(O)cc1OCc1ccccc1)N1CCc2cccc(Nc3cccnc3)c2C1. The van der Waals surface area contributed by atoms with Crippen LogP contribution in [0.25, 0.3) is 0 Å². The van der Waals surface area contributed by atoms with Crippen LogP contribution in [0.4, 0.5) is 11.4 Å². The predicted molar refractivity (Wildman–Crippen MR) is 133 cm³/mol. The molecule has 0 unspecified atom stereocenters. The summed E-state index contributed by atoms with van der Waals surface area (Å²) >= 11 is 0. The molecule has 35 heavy (non-hydrogen) atoms. The van der Waals surface area contributed by atoms with Gasteiger partial charge < -0.3 is 25.2 Å². The Hall–Kier alpha value is -4.52. The molecule has 4 aromatic rings. The van der Waals surface area contributed by atoms with Gasteiger partial charge in [0.15, 0.2) is 0 Å². The molecule has 0 atom stereocenters. The third-order valence-corrected chi connectivity index (χ3v) is 6.02. The number of amides is 1. The second-order valence-corrected chi connectivity index (χ2v) is 8.40. The molecule has 3 aromatic carbocycles. The van der Waals surface area contributed by atoms with Crippen molar-refractivity contribution < 1.29 is 19.7 Å². The van der Waals surface area contributed by atoms with Crippen LogP contribution in [0.3, 0.4) is 0 Å². The summed E-state index contributed by atoms with van der Waals surface area (Å²) in [4.78, 5) is 19.5. The monoisotopic (exact) mass is 467 g/mol. The second-order valence-electron chi connectivity index (χ2n) is 8.40. The van der Waals surface area contributed by atoms with Gasteiger partial charge in [0.25, 0.3) is 5.91 Å². The topological polar surface area (TPSA) is 94.9 Å². The van der Waals surface area contributed by atoms with E-state index in [0.717, 1.165) is 28.6 Å². The number of aromatic nitrogens is 1. The van der Waals surface area contributed by atoms with Crippen LogP contribution in [0.2, 0.25) is 0 Å². The summed E-state index contributed by atoms with van der Waals surface area (Å²) < 4.78 is 5.88. The second kappa shape index (κ2) is 9.77. The van der Waals surface area contributed by atoms with Crippen molar-refractivity contribution in [1.82, 2.24) is 9.88 Å². The van der Waals surface area contributed by atoms with E-state index in [0.29, 0.717) is 19.5 Å². The molecule has 7 heteroatoms.